The van der Waals surface area contributed by atoms with E-state index in [0.29, 0.717) is 0 Å². The molecule has 1 saturated heterocycles. The van der Waals surface area contributed by atoms with Crippen molar-refractivity contribution in [3.8, 4) is 16.9 Å². The highest BCUT2D eigenvalue weighted by Crippen LogP contribution is 2.30. The van der Waals surface area contributed by atoms with Crippen molar-refractivity contribution in [3.05, 3.63) is 54.1 Å². The second-order valence-electron chi connectivity index (χ2n) is 6.70. The molecule has 0 amide bonds. The Bertz CT molecular complexity index is 726. The molecule has 0 spiro atoms. The summed E-state index contributed by atoms with van der Waals surface area (Å²) in [6.45, 7) is 3.78. The minimum atomic E-state index is -0.677. The number of benzene rings is 2. The number of ether oxygens (including phenoxy) is 1. The van der Waals surface area contributed by atoms with Gasteiger partial charge in [-0.3, -0.25) is 9.69 Å². The number of carbonyl (C=O) groups is 1. The maximum Gasteiger partial charge on any atom is 0.308 e. The molecule has 1 aliphatic heterocycles. The number of aliphatic carboxylic acids is 1. The average molecular weight is 339 g/mol. The highest BCUT2D eigenvalue weighted by Gasteiger charge is 2.32. The van der Waals surface area contributed by atoms with E-state index in [1.165, 1.54) is 5.56 Å². The Morgan fingerprint density at radius 3 is 2.60 bits per heavy atom. The van der Waals surface area contributed by atoms with E-state index in [-0.39, 0.29) is 12.0 Å². The Balaban J connectivity index is 1.73. The maximum absolute atomic E-state index is 11.4. The zero-order chi connectivity index (χ0) is 17.8. The van der Waals surface area contributed by atoms with Gasteiger partial charge < -0.3 is 9.84 Å². The second kappa shape index (κ2) is 7.70. The van der Waals surface area contributed by atoms with Crippen molar-refractivity contribution in [1.82, 2.24) is 4.90 Å². The molecular formula is C21H25NO3. The molecule has 1 fully saturated rings. The lowest BCUT2D eigenvalue weighted by atomic mass is 9.90. The van der Waals surface area contributed by atoms with Gasteiger partial charge in [0.15, 0.2) is 0 Å². The number of carboxylic acid groups (broad SMARTS) is 1. The van der Waals surface area contributed by atoms with Crippen LogP contribution in [0.5, 0.6) is 5.75 Å². The van der Waals surface area contributed by atoms with Crippen molar-refractivity contribution in [2.45, 2.75) is 32.4 Å². The normalized spacial score (nSPS) is 21.0. The predicted molar refractivity (Wildman–Crippen MR) is 98.7 cm³/mol. The number of rotatable bonds is 5. The van der Waals surface area contributed by atoms with Crippen molar-refractivity contribution in [1.29, 1.82) is 0 Å². The predicted octanol–water partition coefficient (Wildman–Crippen LogP) is 4.05. The molecule has 0 radical (unpaired) electrons. The molecule has 1 heterocycles. The molecule has 4 heteroatoms. The van der Waals surface area contributed by atoms with E-state index >= 15 is 0 Å². The number of methoxy groups -OCH3 is 1. The highest BCUT2D eigenvalue weighted by atomic mass is 16.5. The first-order valence-corrected chi connectivity index (χ1v) is 8.79. The number of hydrogen-bond acceptors (Lipinski definition) is 3. The second-order valence-corrected chi connectivity index (χ2v) is 6.70. The van der Waals surface area contributed by atoms with Gasteiger partial charge in [-0.2, -0.15) is 0 Å². The third-order valence-corrected chi connectivity index (χ3v) is 5.19. The van der Waals surface area contributed by atoms with Crippen LogP contribution in [0.4, 0.5) is 0 Å². The summed E-state index contributed by atoms with van der Waals surface area (Å²) < 4.78 is 5.44. The summed E-state index contributed by atoms with van der Waals surface area (Å²) in [7, 11) is 1.68. The van der Waals surface area contributed by atoms with Gasteiger partial charge in [0, 0.05) is 18.2 Å². The summed E-state index contributed by atoms with van der Waals surface area (Å²) in [5, 5.41) is 9.37. The van der Waals surface area contributed by atoms with Crippen molar-refractivity contribution < 1.29 is 14.6 Å². The molecule has 2 aromatic rings. The summed E-state index contributed by atoms with van der Waals surface area (Å²) in [5.74, 6) is -0.0745. The molecule has 1 N–H and O–H groups in total. The van der Waals surface area contributed by atoms with Gasteiger partial charge in [-0.1, -0.05) is 42.5 Å². The van der Waals surface area contributed by atoms with Crippen LogP contribution in [-0.2, 0) is 11.3 Å². The highest BCUT2D eigenvalue weighted by molar-refractivity contribution is 5.71. The van der Waals surface area contributed by atoms with E-state index in [9.17, 15) is 9.90 Å². The van der Waals surface area contributed by atoms with Gasteiger partial charge in [0.05, 0.1) is 13.0 Å². The molecule has 0 aromatic heterocycles. The standard InChI is InChI=1S/C21H25NO3/c1-15-18(21(23)24)7-5-13-22(15)14-16-9-11-17(12-10-16)19-6-3-4-8-20(19)25-2/h3-4,6,8-12,15,18H,5,7,13-14H2,1-2H3,(H,23,24)/t15-,18-/m0/s1. The Morgan fingerprint density at radius 1 is 1.20 bits per heavy atom. The van der Waals surface area contributed by atoms with Gasteiger partial charge >= 0.3 is 5.97 Å². The van der Waals surface area contributed by atoms with Gasteiger partial charge in [-0.05, 0) is 43.5 Å². The zero-order valence-corrected chi connectivity index (χ0v) is 14.8. The van der Waals surface area contributed by atoms with Gasteiger partial charge in [-0.25, -0.2) is 0 Å². The Morgan fingerprint density at radius 2 is 1.92 bits per heavy atom. The molecule has 0 unspecified atom stereocenters. The fourth-order valence-electron chi connectivity index (χ4n) is 3.67. The van der Waals surface area contributed by atoms with Crippen LogP contribution in [-0.4, -0.2) is 35.7 Å². The molecule has 0 saturated carbocycles. The summed E-state index contributed by atoms with van der Waals surface area (Å²) in [6, 6.07) is 16.5. The first-order chi connectivity index (χ1) is 12.1. The average Bonchev–Trinajstić information content (AvgIpc) is 2.64. The van der Waals surface area contributed by atoms with Crippen LogP contribution in [0.2, 0.25) is 0 Å². The van der Waals surface area contributed by atoms with Gasteiger partial charge in [0.1, 0.15) is 5.75 Å². The minimum absolute atomic E-state index is 0.0696. The molecule has 0 aliphatic carbocycles. The van der Waals surface area contributed by atoms with E-state index in [1.807, 2.05) is 25.1 Å². The zero-order valence-electron chi connectivity index (χ0n) is 14.8. The fourth-order valence-corrected chi connectivity index (χ4v) is 3.67. The molecule has 2 aromatic carbocycles. The van der Waals surface area contributed by atoms with Crippen LogP contribution < -0.4 is 4.74 Å². The van der Waals surface area contributed by atoms with Crippen LogP contribution >= 0.6 is 0 Å². The van der Waals surface area contributed by atoms with E-state index in [4.69, 9.17) is 4.74 Å². The Kier molecular flexibility index (Phi) is 5.39. The van der Waals surface area contributed by atoms with Gasteiger partial charge in [0.2, 0.25) is 0 Å². The van der Waals surface area contributed by atoms with Crippen LogP contribution in [0.1, 0.15) is 25.3 Å². The smallest absolute Gasteiger partial charge is 0.308 e. The van der Waals surface area contributed by atoms with E-state index in [2.05, 4.69) is 35.2 Å². The van der Waals surface area contributed by atoms with E-state index in [1.54, 1.807) is 7.11 Å². The summed E-state index contributed by atoms with van der Waals surface area (Å²) >= 11 is 0. The molecule has 132 valence electrons. The van der Waals surface area contributed by atoms with Crippen LogP contribution in [0.15, 0.2) is 48.5 Å². The number of para-hydroxylation sites is 1. The Labute approximate surface area is 149 Å². The number of carboxylic acids is 1. The van der Waals surface area contributed by atoms with Crippen molar-refractivity contribution in [2.24, 2.45) is 5.92 Å². The lowest BCUT2D eigenvalue weighted by molar-refractivity contribution is -0.145. The Hall–Kier alpha value is -2.33. The van der Waals surface area contributed by atoms with E-state index < -0.39 is 5.97 Å². The minimum Gasteiger partial charge on any atom is -0.496 e. The monoisotopic (exact) mass is 339 g/mol. The van der Waals surface area contributed by atoms with Crippen LogP contribution in [0.25, 0.3) is 11.1 Å². The third kappa shape index (κ3) is 3.85. The van der Waals surface area contributed by atoms with Crippen molar-refractivity contribution >= 4 is 5.97 Å². The molecular weight excluding hydrogens is 314 g/mol. The molecule has 25 heavy (non-hydrogen) atoms. The maximum atomic E-state index is 11.4. The molecule has 1 aliphatic rings. The lowest BCUT2D eigenvalue weighted by Gasteiger charge is -2.37. The van der Waals surface area contributed by atoms with Crippen LogP contribution in [0, 0.1) is 5.92 Å². The quantitative estimate of drug-likeness (QED) is 0.893. The van der Waals surface area contributed by atoms with Crippen LogP contribution in [0.3, 0.4) is 0 Å². The number of nitrogens with zero attached hydrogens (tertiary/aromatic N) is 1. The van der Waals surface area contributed by atoms with E-state index in [0.717, 1.165) is 42.8 Å². The SMILES string of the molecule is COc1ccccc1-c1ccc(CN2CCC[C@H](C(=O)O)[C@@H]2C)cc1. The van der Waals surface area contributed by atoms with Gasteiger partial charge in [-0.15, -0.1) is 0 Å². The topological polar surface area (TPSA) is 49.8 Å². The number of likely N-dealkylation sites (tertiary alicyclic amines) is 1. The van der Waals surface area contributed by atoms with Gasteiger partial charge in [0.25, 0.3) is 0 Å². The molecule has 0 bridgehead atoms. The first kappa shape index (κ1) is 17.5. The lowest BCUT2D eigenvalue weighted by Crippen LogP contribution is -2.45. The molecule has 4 nitrogen and oxygen atoms in total. The van der Waals surface area contributed by atoms with Crippen molar-refractivity contribution in [2.75, 3.05) is 13.7 Å². The summed E-state index contributed by atoms with van der Waals surface area (Å²) in [5.41, 5.74) is 3.40. The number of piperidine rings is 1. The summed E-state index contributed by atoms with van der Waals surface area (Å²) in [4.78, 5) is 13.7. The largest absolute Gasteiger partial charge is 0.496 e. The molecule has 3 rings (SSSR count). The first-order valence-electron chi connectivity index (χ1n) is 8.79. The third-order valence-electron chi connectivity index (χ3n) is 5.19. The summed E-state index contributed by atoms with van der Waals surface area (Å²) in [6.07, 6.45) is 1.72. The molecule has 2 atom stereocenters. The number of hydrogen-bond donors (Lipinski definition) is 1. The fraction of sp³-hybridized carbons (Fsp3) is 0.381. The van der Waals surface area contributed by atoms with Crippen molar-refractivity contribution in [3.63, 3.8) is 0 Å².